The number of hydrogen-bond donors (Lipinski definition) is 1. The number of nitrogens with one attached hydrogen (secondary N) is 1. The van der Waals surface area contributed by atoms with Gasteiger partial charge in [0.15, 0.2) is 0 Å². The van der Waals surface area contributed by atoms with Gasteiger partial charge in [0.2, 0.25) is 0 Å². The van der Waals surface area contributed by atoms with Crippen LogP contribution in [0, 0.1) is 0 Å². The van der Waals surface area contributed by atoms with E-state index < -0.39 is 5.60 Å². The van der Waals surface area contributed by atoms with Crippen molar-refractivity contribution in [3.8, 4) is 22.4 Å². The van der Waals surface area contributed by atoms with Crippen molar-refractivity contribution < 1.29 is 18.8 Å². The number of amides is 1. The zero-order valence-corrected chi connectivity index (χ0v) is 26.1. The molecule has 0 saturated carbocycles. The van der Waals surface area contributed by atoms with Crippen molar-refractivity contribution in [2.45, 2.75) is 85.2 Å². The first-order valence-electron chi connectivity index (χ1n) is 14.8. The van der Waals surface area contributed by atoms with Gasteiger partial charge < -0.3 is 23.9 Å². The van der Waals surface area contributed by atoms with Crippen LogP contribution in [0.15, 0.2) is 66.9 Å². The summed E-state index contributed by atoms with van der Waals surface area (Å²) in [4.78, 5) is 22.3. The maximum absolute atomic E-state index is 12.7. The van der Waals surface area contributed by atoms with E-state index in [2.05, 4.69) is 98.3 Å². The molecule has 0 atom stereocenters. The van der Waals surface area contributed by atoms with Crippen LogP contribution in [-0.4, -0.2) is 51.4 Å². The maximum atomic E-state index is 12.7. The highest BCUT2D eigenvalue weighted by atomic mass is 16.7. The third-order valence-electron chi connectivity index (χ3n) is 8.03. The predicted octanol–water partition coefficient (Wildman–Crippen LogP) is 7.34. The van der Waals surface area contributed by atoms with Gasteiger partial charge in [0.25, 0.3) is 0 Å². The summed E-state index contributed by atoms with van der Waals surface area (Å²) < 4.78 is 18.0. The third-order valence-corrected chi connectivity index (χ3v) is 8.03. The van der Waals surface area contributed by atoms with E-state index in [1.165, 1.54) is 0 Å². The van der Waals surface area contributed by atoms with E-state index in [1.807, 2.05) is 33.9 Å². The van der Waals surface area contributed by atoms with Crippen molar-refractivity contribution in [2.24, 2.45) is 0 Å². The first kappa shape index (κ1) is 29.9. The van der Waals surface area contributed by atoms with Crippen LogP contribution in [0.3, 0.4) is 0 Å². The van der Waals surface area contributed by atoms with Gasteiger partial charge in [-0.1, -0.05) is 55.5 Å². The maximum Gasteiger partial charge on any atom is 0.494 e. The second-order valence-corrected chi connectivity index (χ2v) is 13.1. The normalized spacial score (nSPS) is 16.1. The molecule has 8 heteroatoms. The number of H-pyrrole nitrogens is 1. The van der Waals surface area contributed by atoms with Crippen molar-refractivity contribution in [3.05, 3.63) is 72.7 Å². The van der Waals surface area contributed by atoms with Crippen LogP contribution in [0.1, 0.15) is 67.6 Å². The SMILES string of the molecule is CCCN(Cc1ncc(-c2ccc3cc(-c4ccc(B5OC(C)(C)C(C)(C)O5)cc4)ccc3c2)[nH]1)C(=O)OC(C)(C)C. The smallest absolute Gasteiger partial charge is 0.444 e. The Morgan fingerprint density at radius 3 is 2.07 bits per heavy atom. The van der Waals surface area contributed by atoms with Gasteiger partial charge in [-0.05, 0) is 94.4 Å². The molecule has 7 nitrogen and oxygen atoms in total. The molecule has 0 spiro atoms. The van der Waals surface area contributed by atoms with Gasteiger partial charge in [-0.25, -0.2) is 9.78 Å². The van der Waals surface area contributed by atoms with Crippen LogP contribution in [0.4, 0.5) is 4.79 Å². The van der Waals surface area contributed by atoms with Gasteiger partial charge in [0, 0.05) is 12.1 Å². The topological polar surface area (TPSA) is 76.7 Å². The Balaban J connectivity index is 1.30. The summed E-state index contributed by atoms with van der Waals surface area (Å²) >= 11 is 0. The quantitative estimate of drug-likeness (QED) is 0.237. The van der Waals surface area contributed by atoms with Gasteiger partial charge in [-0.15, -0.1) is 0 Å². The van der Waals surface area contributed by atoms with Gasteiger partial charge in [0.1, 0.15) is 11.4 Å². The van der Waals surface area contributed by atoms with Crippen molar-refractivity contribution in [2.75, 3.05) is 6.54 Å². The zero-order valence-electron chi connectivity index (χ0n) is 26.1. The molecule has 1 aliphatic heterocycles. The second-order valence-electron chi connectivity index (χ2n) is 13.1. The van der Waals surface area contributed by atoms with Crippen molar-refractivity contribution in [1.29, 1.82) is 0 Å². The third kappa shape index (κ3) is 6.40. The summed E-state index contributed by atoms with van der Waals surface area (Å²) in [6.07, 6.45) is 2.33. The number of benzene rings is 3. The Kier molecular flexibility index (Phi) is 7.99. The van der Waals surface area contributed by atoms with Gasteiger partial charge in [-0.3, -0.25) is 0 Å². The van der Waals surface area contributed by atoms with E-state index in [1.54, 1.807) is 4.90 Å². The highest BCUT2D eigenvalue weighted by molar-refractivity contribution is 6.62. The molecular formula is C34H42BN3O4. The van der Waals surface area contributed by atoms with Crippen LogP contribution in [0.25, 0.3) is 33.2 Å². The standard InChI is InChI=1S/C34H42BN3O4/c1-9-18-38(31(39)40-32(2,3)4)22-30-36-21-29(37-30)27-13-12-25-19-24(10-11-26(25)20-27)23-14-16-28(17-15-23)35-41-33(5,6)34(7,8)42-35/h10-17,19-21H,9,18,22H2,1-8H3,(H,36,37). The Morgan fingerprint density at radius 2 is 1.48 bits per heavy atom. The van der Waals surface area contributed by atoms with Crippen LogP contribution < -0.4 is 5.46 Å². The fourth-order valence-electron chi connectivity index (χ4n) is 5.01. The van der Waals surface area contributed by atoms with Gasteiger partial charge >= 0.3 is 13.2 Å². The molecule has 0 bridgehead atoms. The van der Waals surface area contributed by atoms with E-state index in [9.17, 15) is 4.79 Å². The largest absolute Gasteiger partial charge is 0.494 e. The minimum Gasteiger partial charge on any atom is -0.444 e. The van der Waals surface area contributed by atoms with Crippen LogP contribution in [0.2, 0.25) is 0 Å². The Labute approximate surface area is 249 Å². The highest BCUT2D eigenvalue weighted by Crippen LogP contribution is 2.36. The Bertz CT molecular complexity index is 1550. The summed E-state index contributed by atoms with van der Waals surface area (Å²) in [6.45, 7) is 16.9. The number of carbonyl (C=O) groups excluding carboxylic acids is 1. The molecule has 4 aromatic rings. The number of rotatable bonds is 7. The summed E-state index contributed by atoms with van der Waals surface area (Å²) in [7, 11) is -0.367. The van der Waals surface area contributed by atoms with E-state index >= 15 is 0 Å². The molecule has 1 fully saturated rings. The fraction of sp³-hybridized carbons (Fsp3) is 0.412. The number of aromatic nitrogens is 2. The second kappa shape index (κ2) is 11.2. The lowest BCUT2D eigenvalue weighted by Gasteiger charge is -2.32. The number of aromatic amines is 1. The predicted molar refractivity (Wildman–Crippen MR) is 170 cm³/mol. The van der Waals surface area contributed by atoms with Crippen molar-refractivity contribution >= 4 is 29.4 Å². The van der Waals surface area contributed by atoms with Crippen LogP contribution in [0.5, 0.6) is 0 Å². The summed E-state index contributed by atoms with van der Waals surface area (Å²) in [5.41, 5.74) is 4.00. The van der Waals surface area contributed by atoms with E-state index in [0.717, 1.165) is 50.9 Å². The van der Waals surface area contributed by atoms with Gasteiger partial charge in [-0.2, -0.15) is 0 Å². The summed E-state index contributed by atoms with van der Waals surface area (Å²) in [5, 5.41) is 2.30. The molecule has 1 aliphatic rings. The molecule has 42 heavy (non-hydrogen) atoms. The fourth-order valence-corrected chi connectivity index (χ4v) is 5.01. The Hall–Kier alpha value is -3.62. The van der Waals surface area contributed by atoms with Crippen LogP contribution >= 0.6 is 0 Å². The molecule has 0 radical (unpaired) electrons. The molecule has 0 unspecified atom stereocenters. The zero-order chi connectivity index (χ0) is 30.3. The minimum atomic E-state index is -0.542. The highest BCUT2D eigenvalue weighted by Gasteiger charge is 2.51. The lowest BCUT2D eigenvalue weighted by molar-refractivity contribution is 0.00578. The Morgan fingerprint density at radius 1 is 0.905 bits per heavy atom. The lowest BCUT2D eigenvalue weighted by atomic mass is 9.78. The van der Waals surface area contributed by atoms with Crippen molar-refractivity contribution in [3.63, 3.8) is 0 Å². The molecule has 5 rings (SSSR count). The molecule has 3 aromatic carbocycles. The molecule has 2 heterocycles. The summed E-state index contributed by atoms with van der Waals surface area (Å²) in [5.74, 6) is 0.726. The molecule has 1 saturated heterocycles. The molecule has 1 N–H and O–H groups in total. The molecule has 220 valence electrons. The minimum absolute atomic E-state index is 0.327. The number of fused-ring (bicyclic) bond motifs is 1. The van der Waals surface area contributed by atoms with E-state index in [0.29, 0.717) is 13.1 Å². The van der Waals surface area contributed by atoms with Crippen LogP contribution in [-0.2, 0) is 20.6 Å². The number of carbonyl (C=O) groups is 1. The molecule has 1 amide bonds. The average molecular weight is 568 g/mol. The monoisotopic (exact) mass is 567 g/mol. The number of nitrogens with zero attached hydrogens (tertiary/aromatic N) is 2. The number of hydrogen-bond acceptors (Lipinski definition) is 5. The first-order valence-corrected chi connectivity index (χ1v) is 14.8. The summed E-state index contributed by atoms with van der Waals surface area (Å²) in [6, 6.07) is 21.3. The first-order chi connectivity index (χ1) is 19.7. The molecule has 1 aromatic heterocycles. The number of ether oxygens (including phenoxy) is 1. The van der Waals surface area contributed by atoms with Crippen molar-refractivity contribution in [1.82, 2.24) is 14.9 Å². The molecule has 0 aliphatic carbocycles. The lowest BCUT2D eigenvalue weighted by Crippen LogP contribution is -2.41. The van der Waals surface area contributed by atoms with E-state index in [-0.39, 0.29) is 24.4 Å². The number of imidazole rings is 1. The molecular weight excluding hydrogens is 525 g/mol. The van der Waals surface area contributed by atoms with Gasteiger partial charge in [0.05, 0.1) is 29.6 Å². The average Bonchev–Trinajstić information content (AvgIpc) is 3.47. The van der Waals surface area contributed by atoms with E-state index in [4.69, 9.17) is 14.0 Å².